The highest BCUT2D eigenvalue weighted by Gasteiger charge is 2.26. The van der Waals surface area contributed by atoms with E-state index in [0.717, 1.165) is 6.54 Å². The molecule has 0 spiro atoms. The van der Waals surface area contributed by atoms with Gasteiger partial charge in [0.15, 0.2) is 0 Å². The number of β-amino-alcohol motifs (C(OH)–C–C–N with tert-alkyl or cyclic N) is 1. The van der Waals surface area contributed by atoms with Gasteiger partial charge in [-0.3, -0.25) is 0 Å². The third-order valence-electron chi connectivity index (χ3n) is 2.24. The van der Waals surface area contributed by atoms with E-state index >= 15 is 0 Å². The summed E-state index contributed by atoms with van der Waals surface area (Å²) in [4.78, 5) is 0.611. The van der Waals surface area contributed by atoms with E-state index in [0.29, 0.717) is 11.4 Å². The van der Waals surface area contributed by atoms with Crippen LogP contribution in [0.15, 0.2) is 29.2 Å². The number of rotatable bonds is 2. The van der Waals surface area contributed by atoms with Crippen LogP contribution in [-0.2, 0) is 0 Å². The van der Waals surface area contributed by atoms with Gasteiger partial charge in [0, 0.05) is 23.2 Å². The largest absolute Gasteiger partial charge is 0.391 e. The van der Waals surface area contributed by atoms with Crippen LogP contribution in [0.25, 0.3) is 0 Å². The molecular weight excluding hydrogens is 201 g/mol. The lowest BCUT2D eigenvalue weighted by atomic mass is 10.3. The molecule has 76 valence electrons. The van der Waals surface area contributed by atoms with Crippen LogP contribution >= 0.6 is 11.8 Å². The third kappa shape index (κ3) is 2.08. The van der Waals surface area contributed by atoms with Crippen molar-refractivity contribution in [3.63, 3.8) is 0 Å². The van der Waals surface area contributed by atoms with Crippen molar-refractivity contribution in [3.05, 3.63) is 30.1 Å². The van der Waals surface area contributed by atoms with Gasteiger partial charge in [0.2, 0.25) is 0 Å². The first-order valence-electron chi connectivity index (χ1n) is 4.57. The lowest BCUT2D eigenvalue weighted by Crippen LogP contribution is -2.20. The molecule has 0 aliphatic carbocycles. The topological polar surface area (TPSA) is 32.3 Å². The first kappa shape index (κ1) is 9.96. The van der Waals surface area contributed by atoms with Crippen molar-refractivity contribution in [1.82, 2.24) is 5.32 Å². The second-order valence-electron chi connectivity index (χ2n) is 3.31. The molecule has 1 fully saturated rings. The number of hydrogen-bond acceptors (Lipinski definition) is 3. The number of aliphatic hydroxyl groups is 1. The van der Waals surface area contributed by atoms with Crippen molar-refractivity contribution >= 4 is 11.8 Å². The van der Waals surface area contributed by atoms with Crippen LogP contribution in [0.1, 0.15) is 0 Å². The molecule has 0 bridgehead atoms. The minimum atomic E-state index is -0.375. The molecule has 1 aliphatic heterocycles. The summed E-state index contributed by atoms with van der Waals surface area (Å²) in [7, 11) is 0. The molecule has 2 nitrogen and oxygen atoms in total. The lowest BCUT2D eigenvalue weighted by molar-refractivity contribution is 0.201. The Balaban J connectivity index is 2.07. The highest BCUT2D eigenvalue weighted by atomic mass is 32.2. The molecule has 0 amide bonds. The van der Waals surface area contributed by atoms with E-state index in [4.69, 9.17) is 0 Å². The van der Waals surface area contributed by atoms with Gasteiger partial charge >= 0.3 is 0 Å². The smallest absolute Gasteiger partial charge is 0.136 e. The molecule has 0 unspecified atom stereocenters. The van der Waals surface area contributed by atoms with Gasteiger partial charge < -0.3 is 10.4 Å². The summed E-state index contributed by atoms with van der Waals surface area (Å²) in [5.41, 5.74) is 0. The molecule has 0 saturated carbocycles. The van der Waals surface area contributed by atoms with E-state index in [9.17, 15) is 9.50 Å². The average molecular weight is 213 g/mol. The molecule has 2 atom stereocenters. The first-order valence-corrected chi connectivity index (χ1v) is 5.45. The molecule has 1 heterocycles. The normalized spacial score (nSPS) is 26.7. The van der Waals surface area contributed by atoms with Crippen LogP contribution < -0.4 is 5.32 Å². The van der Waals surface area contributed by atoms with Crippen LogP contribution in [-0.4, -0.2) is 29.5 Å². The van der Waals surface area contributed by atoms with E-state index in [2.05, 4.69) is 5.32 Å². The van der Waals surface area contributed by atoms with Crippen LogP contribution in [0.3, 0.4) is 0 Å². The molecule has 4 heteroatoms. The number of aliphatic hydroxyl groups excluding tert-OH is 1. The Hall–Kier alpha value is -0.580. The Morgan fingerprint density at radius 3 is 2.79 bits per heavy atom. The summed E-state index contributed by atoms with van der Waals surface area (Å²) in [6.07, 6.45) is -0.375. The first-order chi connectivity index (χ1) is 6.77. The zero-order chi connectivity index (χ0) is 9.97. The van der Waals surface area contributed by atoms with Gasteiger partial charge in [-0.15, -0.1) is 11.8 Å². The predicted octanol–water partition coefficient (Wildman–Crippen LogP) is 1.25. The number of nitrogens with one attached hydrogen (secondary N) is 1. The van der Waals surface area contributed by atoms with Gasteiger partial charge in [0.25, 0.3) is 0 Å². The molecule has 1 aromatic carbocycles. The summed E-state index contributed by atoms with van der Waals surface area (Å²) >= 11 is 1.40. The van der Waals surface area contributed by atoms with E-state index in [-0.39, 0.29) is 17.2 Å². The van der Waals surface area contributed by atoms with E-state index in [1.54, 1.807) is 18.2 Å². The monoisotopic (exact) mass is 213 g/mol. The Kier molecular flexibility index (Phi) is 3.05. The van der Waals surface area contributed by atoms with E-state index < -0.39 is 0 Å². The van der Waals surface area contributed by atoms with Gasteiger partial charge in [-0.2, -0.15) is 0 Å². The third-order valence-corrected chi connectivity index (χ3v) is 3.61. The second-order valence-corrected chi connectivity index (χ2v) is 4.59. The predicted molar refractivity (Wildman–Crippen MR) is 54.9 cm³/mol. The van der Waals surface area contributed by atoms with E-state index in [1.807, 2.05) is 0 Å². The SMILES string of the molecule is O[C@@H]1CNC[C@H]1Sc1ccccc1F. The van der Waals surface area contributed by atoms with Crippen molar-refractivity contribution in [2.24, 2.45) is 0 Å². The maximum atomic E-state index is 13.2. The fourth-order valence-corrected chi connectivity index (χ4v) is 2.58. The number of hydrogen-bond donors (Lipinski definition) is 2. The summed E-state index contributed by atoms with van der Waals surface area (Å²) in [6, 6.07) is 6.66. The standard InChI is InChI=1S/C10H12FNOS/c11-7-3-1-2-4-9(7)14-10-6-12-5-8(10)13/h1-4,8,10,12-13H,5-6H2/t8-,10-/m1/s1. The van der Waals surface area contributed by atoms with Crippen LogP contribution in [0.5, 0.6) is 0 Å². The summed E-state index contributed by atoms with van der Waals surface area (Å²) in [5.74, 6) is -0.211. The molecule has 1 aliphatic rings. The Morgan fingerprint density at radius 1 is 1.36 bits per heavy atom. The number of benzene rings is 1. The number of halogens is 1. The molecule has 0 aromatic heterocycles. The molecule has 1 saturated heterocycles. The van der Waals surface area contributed by atoms with Gasteiger partial charge in [0.1, 0.15) is 5.82 Å². The van der Waals surface area contributed by atoms with Crippen molar-refractivity contribution in [2.75, 3.05) is 13.1 Å². The highest BCUT2D eigenvalue weighted by Crippen LogP contribution is 2.28. The van der Waals surface area contributed by atoms with Crippen LogP contribution in [0.4, 0.5) is 4.39 Å². The minimum Gasteiger partial charge on any atom is -0.391 e. The maximum absolute atomic E-state index is 13.2. The molecule has 2 rings (SSSR count). The van der Waals surface area contributed by atoms with Crippen molar-refractivity contribution in [1.29, 1.82) is 0 Å². The molecule has 2 N–H and O–H groups in total. The van der Waals surface area contributed by atoms with Crippen molar-refractivity contribution in [2.45, 2.75) is 16.2 Å². The summed E-state index contributed by atoms with van der Waals surface area (Å²) in [6.45, 7) is 1.34. The Bertz CT molecular complexity index is 321. The molecule has 0 radical (unpaired) electrons. The number of thioether (sulfide) groups is 1. The fourth-order valence-electron chi connectivity index (χ4n) is 1.46. The van der Waals surface area contributed by atoms with Gasteiger partial charge in [-0.05, 0) is 12.1 Å². The van der Waals surface area contributed by atoms with Crippen molar-refractivity contribution in [3.8, 4) is 0 Å². The zero-order valence-corrected chi connectivity index (χ0v) is 8.43. The summed E-state index contributed by atoms with van der Waals surface area (Å²) < 4.78 is 13.2. The van der Waals surface area contributed by atoms with Crippen LogP contribution in [0.2, 0.25) is 0 Å². The maximum Gasteiger partial charge on any atom is 0.136 e. The van der Waals surface area contributed by atoms with Gasteiger partial charge in [-0.25, -0.2) is 4.39 Å². The highest BCUT2D eigenvalue weighted by molar-refractivity contribution is 8.00. The molecular formula is C10H12FNOS. The lowest BCUT2D eigenvalue weighted by Gasteiger charge is -2.12. The Labute approximate surface area is 86.5 Å². The second kappa shape index (κ2) is 4.29. The summed E-state index contributed by atoms with van der Waals surface area (Å²) in [5, 5.41) is 12.7. The van der Waals surface area contributed by atoms with Gasteiger partial charge in [0.05, 0.1) is 6.10 Å². The molecule has 1 aromatic rings. The quantitative estimate of drug-likeness (QED) is 0.775. The van der Waals surface area contributed by atoms with Crippen LogP contribution in [0, 0.1) is 5.82 Å². The van der Waals surface area contributed by atoms with Crippen molar-refractivity contribution < 1.29 is 9.50 Å². The Morgan fingerprint density at radius 2 is 2.14 bits per heavy atom. The van der Waals surface area contributed by atoms with Gasteiger partial charge in [-0.1, -0.05) is 12.1 Å². The minimum absolute atomic E-state index is 0.0619. The molecule has 14 heavy (non-hydrogen) atoms. The fraction of sp³-hybridized carbons (Fsp3) is 0.400. The zero-order valence-electron chi connectivity index (χ0n) is 7.61. The van der Waals surface area contributed by atoms with E-state index in [1.165, 1.54) is 17.8 Å². The average Bonchev–Trinajstić information content (AvgIpc) is 2.56.